The lowest BCUT2D eigenvalue weighted by Gasteiger charge is -2.10. The zero-order valence-corrected chi connectivity index (χ0v) is 13.7. The molecular formula is C15H19NO3S2. The molecule has 0 aliphatic carbocycles. The number of nitrogens with one attached hydrogen (secondary N) is 1. The fourth-order valence-corrected chi connectivity index (χ4v) is 4.07. The summed E-state index contributed by atoms with van der Waals surface area (Å²) in [6, 6.07) is 6.86. The highest BCUT2D eigenvalue weighted by Crippen LogP contribution is 2.19. The van der Waals surface area contributed by atoms with Gasteiger partial charge >= 0.3 is 0 Å². The Labute approximate surface area is 129 Å². The number of hydrogen-bond acceptors (Lipinski definition) is 4. The number of aliphatic hydroxyl groups is 1. The molecule has 0 aliphatic heterocycles. The van der Waals surface area contributed by atoms with E-state index in [1.54, 1.807) is 18.2 Å². The molecule has 0 amide bonds. The number of benzene rings is 1. The van der Waals surface area contributed by atoms with Crippen molar-refractivity contribution in [2.75, 3.05) is 0 Å². The summed E-state index contributed by atoms with van der Waals surface area (Å²) in [5, 5.41) is 11.3. The number of hydrogen-bond donors (Lipinski definition) is 2. The summed E-state index contributed by atoms with van der Waals surface area (Å²) in [6.45, 7) is 4.06. The average Bonchev–Trinajstić information content (AvgIpc) is 2.89. The van der Waals surface area contributed by atoms with Crippen LogP contribution in [0.2, 0.25) is 0 Å². The van der Waals surface area contributed by atoms with Crippen LogP contribution in [-0.2, 0) is 29.6 Å². The second-order valence-electron chi connectivity index (χ2n) is 4.79. The van der Waals surface area contributed by atoms with Gasteiger partial charge in [0.1, 0.15) is 0 Å². The van der Waals surface area contributed by atoms with Crippen LogP contribution in [0.3, 0.4) is 0 Å². The molecule has 21 heavy (non-hydrogen) atoms. The molecule has 0 radical (unpaired) electrons. The van der Waals surface area contributed by atoms with Crippen LogP contribution in [0, 0.1) is 6.92 Å². The molecule has 0 spiro atoms. The molecular weight excluding hydrogens is 306 g/mol. The molecule has 4 nitrogen and oxygen atoms in total. The number of rotatable bonds is 6. The van der Waals surface area contributed by atoms with E-state index in [-0.39, 0.29) is 18.0 Å². The van der Waals surface area contributed by atoms with Crippen LogP contribution in [0.25, 0.3) is 0 Å². The zero-order chi connectivity index (χ0) is 15.5. The summed E-state index contributed by atoms with van der Waals surface area (Å²) in [4.78, 5) is 1.20. The van der Waals surface area contributed by atoms with Gasteiger partial charge in [0.15, 0.2) is 0 Å². The minimum Gasteiger partial charge on any atom is -0.392 e. The van der Waals surface area contributed by atoms with E-state index < -0.39 is 10.0 Å². The van der Waals surface area contributed by atoms with Crippen LogP contribution in [0.15, 0.2) is 34.5 Å². The van der Waals surface area contributed by atoms with E-state index in [0.717, 1.165) is 22.4 Å². The summed E-state index contributed by atoms with van der Waals surface area (Å²) < 4.78 is 27.2. The number of aliphatic hydroxyl groups excluding tert-OH is 1. The number of thiophene rings is 1. The minimum absolute atomic E-state index is 0.156. The van der Waals surface area contributed by atoms with E-state index in [1.807, 2.05) is 25.3 Å². The lowest BCUT2D eigenvalue weighted by atomic mass is 10.1. The molecule has 0 fully saturated rings. The van der Waals surface area contributed by atoms with E-state index in [1.165, 1.54) is 11.3 Å². The third-order valence-electron chi connectivity index (χ3n) is 3.43. The third-order valence-corrected chi connectivity index (χ3v) is 5.85. The monoisotopic (exact) mass is 325 g/mol. The Kier molecular flexibility index (Phi) is 5.16. The van der Waals surface area contributed by atoms with Crippen molar-refractivity contribution in [1.82, 2.24) is 4.72 Å². The molecule has 0 bridgehead atoms. The molecule has 0 aliphatic rings. The maximum atomic E-state index is 12.3. The predicted molar refractivity (Wildman–Crippen MR) is 84.8 cm³/mol. The molecule has 6 heteroatoms. The van der Waals surface area contributed by atoms with Crippen molar-refractivity contribution in [2.24, 2.45) is 0 Å². The molecule has 0 unspecified atom stereocenters. The smallest absolute Gasteiger partial charge is 0.240 e. The first-order valence-corrected chi connectivity index (χ1v) is 9.09. The van der Waals surface area contributed by atoms with Gasteiger partial charge in [-0.3, -0.25) is 0 Å². The first-order chi connectivity index (χ1) is 9.97. The molecule has 0 atom stereocenters. The van der Waals surface area contributed by atoms with E-state index in [0.29, 0.717) is 5.56 Å². The summed E-state index contributed by atoms with van der Waals surface area (Å²) in [5.74, 6) is 0. The molecule has 1 aromatic carbocycles. The van der Waals surface area contributed by atoms with E-state index in [9.17, 15) is 13.5 Å². The van der Waals surface area contributed by atoms with Crippen molar-refractivity contribution in [3.05, 3.63) is 51.2 Å². The maximum Gasteiger partial charge on any atom is 0.240 e. The molecule has 1 heterocycles. The zero-order valence-electron chi connectivity index (χ0n) is 12.1. The van der Waals surface area contributed by atoms with E-state index in [4.69, 9.17) is 0 Å². The maximum absolute atomic E-state index is 12.3. The molecule has 0 saturated carbocycles. The number of aryl methyl sites for hydroxylation is 2. The van der Waals surface area contributed by atoms with Crippen LogP contribution in [0.1, 0.15) is 28.5 Å². The van der Waals surface area contributed by atoms with Crippen molar-refractivity contribution in [3.63, 3.8) is 0 Å². The van der Waals surface area contributed by atoms with Gasteiger partial charge in [0, 0.05) is 11.4 Å². The predicted octanol–water partition coefficient (Wildman–Crippen LogP) is 2.59. The molecule has 0 saturated heterocycles. The van der Waals surface area contributed by atoms with Gasteiger partial charge in [-0.05, 0) is 53.6 Å². The average molecular weight is 325 g/mol. The van der Waals surface area contributed by atoms with Gasteiger partial charge < -0.3 is 5.11 Å². The van der Waals surface area contributed by atoms with Gasteiger partial charge in [-0.15, -0.1) is 11.3 Å². The highest BCUT2D eigenvalue weighted by molar-refractivity contribution is 7.89. The SMILES string of the molecule is CCc1ccc(S(=O)(=O)NCc2sccc2C)cc1CO. The second-order valence-corrected chi connectivity index (χ2v) is 7.56. The first kappa shape index (κ1) is 16.2. The molecule has 2 N–H and O–H groups in total. The van der Waals surface area contributed by atoms with Gasteiger partial charge in [0.25, 0.3) is 0 Å². The summed E-state index contributed by atoms with van der Waals surface area (Å²) in [7, 11) is -3.57. The van der Waals surface area contributed by atoms with E-state index in [2.05, 4.69) is 4.72 Å². The third kappa shape index (κ3) is 3.71. The Balaban J connectivity index is 2.21. The standard InChI is InChI=1S/C15H19NO3S2/c1-3-12-4-5-14(8-13(12)10-17)21(18,19)16-9-15-11(2)6-7-20-15/h4-8,16-17H,3,9-10H2,1-2H3. The van der Waals surface area contributed by atoms with Crippen molar-refractivity contribution in [2.45, 2.75) is 38.3 Å². The number of sulfonamides is 1. The van der Waals surface area contributed by atoms with Crippen LogP contribution in [0.5, 0.6) is 0 Å². The molecule has 114 valence electrons. The van der Waals surface area contributed by atoms with Crippen LogP contribution >= 0.6 is 11.3 Å². The fraction of sp³-hybridized carbons (Fsp3) is 0.333. The largest absolute Gasteiger partial charge is 0.392 e. The Morgan fingerprint density at radius 2 is 2.00 bits per heavy atom. The quantitative estimate of drug-likeness (QED) is 0.858. The van der Waals surface area contributed by atoms with Crippen LogP contribution < -0.4 is 4.72 Å². The highest BCUT2D eigenvalue weighted by Gasteiger charge is 2.16. The van der Waals surface area contributed by atoms with Gasteiger partial charge in [-0.1, -0.05) is 13.0 Å². The van der Waals surface area contributed by atoms with Crippen molar-refractivity contribution < 1.29 is 13.5 Å². The van der Waals surface area contributed by atoms with Crippen LogP contribution in [0.4, 0.5) is 0 Å². The van der Waals surface area contributed by atoms with E-state index >= 15 is 0 Å². The second kappa shape index (κ2) is 6.70. The highest BCUT2D eigenvalue weighted by atomic mass is 32.2. The van der Waals surface area contributed by atoms with Crippen molar-refractivity contribution in [3.8, 4) is 0 Å². The molecule has 2 aromatic rings. The normalized spacial score (nSPS) is 11.8. The van der Waals surface area contributed by atoms with Gasteiger partial charge in [0.2, 0.25) is 10.0 Å². The summed E-state index contributed by atoms with van der Waals surface area (Å²) >= 11 is 1.53. The Bertz CT molecular complexity index is 720. The molecule has 1 aromatic heterocycles. The Hall–Kier alpha value is -1.21. The topological polar surface area (TPSA) is 66.4 Å². The van der Waals surface area contributed by atoms with Crippen molar-refractivity contribution >= 4 is 21.4 Å². The minimum atomic E-state index is -3.57. The first-order valence-electron chi connectivity index (χ1n) is 6.73. The lowest BCUT2D eigenvalue weighted by molar-refractivity contribution is 0.280. The van der Waals surface area contributed by atoms with Gasteiger partial charge in [-0.2, -0.15) is 0 Å². The lowest BCUT2D eigenvalue weighted by Crippen LogP contribution is -2.23. The Morgan fingerprint density at radius 1 is 1.24 bits per heavy atom. The van der Waals surface area contributed by atoms with Crippen LogP contribution in [-0.4, -0.2) is 13.5 Å². The summed E-state index contributed by atoms with van der Waals surface area (Å²) in [6.07, 6.45) is 0.762. The van der Waals surface area contributed by atoms with Gasteiger partial charge in [-0.25, -0.2) is 13.1 Å². The fourth-order valence-electron chi connectivity index (χ4n) is 2.09. The molecule has 2 rings (SSSR count). The van der Waals surface area contributed by atoms with Crippen molar-refractivity contribution in [1.29, 1.82) is 0 Å². The van der Waals surface area contributed by atoms with Gasteiger partial charge in [0.05, 0.1) is 11.5 Å². The Morgan fingerprint density at radius 3 is 2.57 bits per heavy atom. The summed E-state index contributed by atoms with van der Waals surface area (Å²) in [5.41, 5.74) is 2.71.